The van der Waals surface area contributed by atoms with Crippen molar-refractivity contribution < 1.29 is 32.4 Å². The number of ketones is 2. The van der Waals surface area contributed by atoms with E-state index in [0.717, 1.165) is 0 Å². The molecule has 0 unspecified atom stereocenters. The summed E-state index contributed by atoms with van der Waals surface area (Å²) in [7, 11) is 4.26. The van der Waals surface area contributed by atoms with Gasteiger partial charge in [0, 0.05) is 33.9 Å². The number of carbonyl (C=O) groups is 3. The molecule has 14 heteroatoms. The monoisotopic (exact) mass is 736 g/mol. The Morgan fingerprint density at radius 3 is 2.53 bits per heavy atom. The molecule has 226 valence electrons. The molecule has 0 aliphatic heterocycles. The fraction of sp³-hybridized carbons (Fsp3) is 0.310. The quantitative estimate of drug-likeness (QED) is 0.0672. The van der Waals surface area contributed by atoms with Crippen molar-refractivity contribution in [2.75, 3.05) is 16.9 Å². The molecule has 1 atom stereocenters. The zero-order chi connectivity index (χ0) is 31.1. The van der Waals surface area contributed by atoms with E-state index >= 15 is 0 Å². The van der Waals surface area contributed by atoms with E-state index in [0.29, 0.717) is 32.4 Å². The fourth-order valence-electron chi connectivity index (χ4n) is 5.23. The van der Waals surface area contributed by atoms with E-state index in [1.54, 1.807) is 24.3 Å². The standard InChI is InChI=1S/C29H27IN3O8S2/c1-29(2,43-42-20-10-8-15(12-31-20)33(40)30-39)13-32-28(38)14-7-9-16-18(11-14)26(36)22-23(24(16)34)27(37)21-17(25(22)35)5-4-6-19(21)41-3/h4-6,8,10,12,14,34,36H,7,9,11,13H2,1-3H3,(H,32,38)/q-1/t14-/m0/s1. The SMILES string of the molecule is COc1cccc2c1C(=O)c1c(O)c3c(c(O)c1C2=O)C[C@@H](C(=O)NCC(C)(C)SSc1ccc(N([O-])I=O)cn1)CC3. The number of phenolic OH excluding ortho intramolecular Hbond substituents is 2. The van der Waals surface area contributed by atoms with E-state index in [1.807, 2.05) is 13.8 Å². The Morgan fingerprint density at radius 2 is 1.86 bits per heavy atom. The second-order valence-corrected chi connectivity index (χ2v) is 14.8. The van der Waals surface area contributed by atoms with Gasteiger partial charge in [-0.15, -0.1) is 0 Å². The maximum absolute atomic E-state index is 13.4. The van der Waals surface area contributed by atoms with Gasteiger partial charge in [0.15, 0.2) is 5.78 Å². The highest BCUT2D eigenvalue weighted by Crippen LogP contribution is 2.47. The Balaban J connectivity index is 1.28. The van der Waals surface area contributed by atoms with Gasteiger partial charge in [0.1, 0.15) is 22.3 Å². The van der Waals surface area contributed by atoms with Gasteiger partial charge in [0.25, 0.3) is 21.5 Å². The predicted octanol–water partition coefficient (Wildman–Crippen LogP) is 5.25. The third-order valence-corrected chi connectivity index (χ3v) is 11.5. The van der Waals surface area contributed by atoms with Crippen molar-refractivity contribution >= 4 is 66.2 Å². The molecule has 1 amide bonds. The lowest BCUT2D eigenvalue weighted by atomic mass is 9.75. The zero-order valence-electron chi connectivity index (χ0n) is 23.3. The molecule has 2 aromatic carbocycles. The molecular weight excluding hydrogens is 709 g/mol. The highest BCUT2D eigenvalue weighted by molar-refractivity contribution is 14.1. The third-order valence-electron chi connectivity index (χ3n) is 7.42. The van der Waals surface area contributed by atoms with Gasteiger partial charge in [-0.1, -0.05) is 22.9 Å². The first-order valence-corrected chi connectivity index (χ1v) is 17.2. The summed E-state index contributed by atoms with van der Waals surface area (Å²) < 4.78 is 16.1. The second-order valence-electron chi connectivity index (χ2n) is 10.7. The van der Waals surface area contributed by atoms with Crippen LogP contribution in [0.2, 0.25) is 0 Å². The lowest BCUT2D eigenvalue weighted by molar-refractivity contribution is -0.125. The highest BCUT2D eigenvalue weighted by Gasteiger charge is 2.41. The first-order chi connectivity index (χ1) is 20.5. The van der Waals surface area contributed by atoms with Gasteiger partial charge in [0.2, 0.25) is 11.7 Å². The van der Waals surface area contributed by atoms with Gasteiger partial charge >= 0.3 is 0 Å². The smallest absolute Gasteiger partial charge is 0.262 e. The molecule has 0 fully saturated rings. The normalized spacial score (nSPS) is 15.8. The number of aromatic nitrogens is 1. The van der Waals surface area contributed by atoms with Gasteiger partial charge in [-0.25, -0.2) is 8.05 Å². The Hall–Kier alpha value is -3.21. The number of methoxy groups -OCH3 is 1. The van der Waals surface area contributed by atoms with Gasteiger partial charge in [0.05, 0.1) is 35.7 Å². The summed E-state index contributed by atoms with van der Waals surface area (Å²) in [5.41, 5.74) is 0.532. The molecule has 0 radical (unpaired) electrons. The highest BCUT2D eigenvalue weighted by atomic mass is 127. The van der Waals surface area contributed by atoms with Crippen LogP contribution in [-0.2, 0) is 20.7 Å². The topological polar surface area (TPSA) is 169 Å². The number of anilines is 1. The summed E-state index contributed by atoms with van der Waals surface area (Å²) >= 11 is -1.85. The minimum absolute atomic E-state index is 0.0474. The van der Waals surface area contributed by atoms with E-state index in [1.165, 1.54) is 41.0 Å². The number of benzene rings is 2. The lowest BCUT2D eigenvalue weighted by Crippen LogP contribution is -2.40. The molecule has 1 heterocycles. The summed E-state index contributed by atoms with van der Waals surface area (Å²) in [6.07, 6.45) is 2.09. The van der Waals surface area contributed by atoms with Crippen molar-refractivity contribution in [2.45, 2.75) is 42.9 Å². The number of carbonyl (C=O) groups excluding carboxylic acids is 3. The molecule has 3 aromatic rings. The molecular formula is C29H27IN3O8S2-. The van der Waals surface area contributed by atoms with E-state index in [4.69, 9.17) is 4.74 Å². The number of ether oxygens (including phenoxy) is 1. The second kappa shape index (κ2) is 12.4. The van der Waals surface area contributed by atoms with Gasteiger partial charge < -0.3 is 28.8 Å². The van der Waals surface area contributed by atoms with E-state index in [-0.39, 0.29) is 63.9 Å². The fourth-order valence-corrected chi connectivity index (χ4v) is 7.81. The minimum Gasteiger partial charge on any atom is -0.748 e. The van der Waals surface area contributed by atoms with Crippen LogP contribution in [0.5, 0.6) is 17.2 Å². The van der Waals surface area contributed by atoms with Crippen LogP contribution in [0.1, 0.15) is 63.2 Å². The van der Waals surface area contributed by atoms with Crippen LogP contribution in [0.4, 0.5) is 5.69 Å². The average Bonchev–Trinajstić information content (AvgIpc) is 3.02. The van der Waals surface area contributed by atoms with Crippen molar-refractivity contribution in [3.05, 3.63) is 75.1 Å². The van der Waals surface area contributed by atoms with Crippen LogP contribution in [0.3, 0.4) is 0 Å². The molecule has 1 aromatic heterocycles. The van der Waals surface area contributed by atoms with Gasteiger partial charge in [-0.05, 0) is 62.1 Å². The molecule has 0 saturated carbocycles. The van der Waals surface area contributed by atoms with Gasteiger partial charge in [-0.3, -0.25) is 14.4 Å². The first-order valence-electron chi connectivity index (χ1n) is 13.2. The lowest BCUT2D eigenvalue weighted by Gasteiger charge is -2.30. The molecule has 43 heavy (non-hydrogen) atoms. The molecule has 11 nitrogen and oxygen atoms in total. The summed E-state index contributed by atoms with van der Waals surface area (Å²) in [6, 6.07) is 7.83. The Labute approximate surface area is 265 Å². The third kappa shape index (κ3) is 5.97. The Bertz CT molecular complexity index is 1650. The van der Waals surface area contributed by atoms with E-state index < -0.39 is 43.7 Å². The van der Waals surface area contributed by atoms with Crippen molar-refractivity contribution in [1.29, 1.82) is 0 Å². The number of aromatic hydroxyl groups is 2. The van der Waals surface area contributed by atoms with Gasteiger partial charge in [-0.2, -0.15) is 0 Å². The van der Waals surface area contributed by atoms with Crippen molar-refractivity contribution in [3.63, 3.8) is 0 Å². The molecule has 5 rings (SSSR count). The summed E-state index contributed by atoms with van der Waals surface area (Å²) in [5, 5.41) is 37.5. The summed E-state index contributed by atoms with van der Waals surface area (Å²) in [6.45, 7) is 4.25. The van der Waals surface area contributed by atoms with Crippen LogP contribution in [0.15, 0.2) is 41.6 Å². The Kier molecular flexibility index (Phi) is 9.02. The number of nitrogens with zero attached hydrogens (tertiary/aromatic N) is 2. The number of hydrogen-bond donors (Lipinski definition) is 3. The number of hydrogen-bond acceptors (Lipinski definition) is 11. The average molecular weight is 737 g/mol. The number of nitrogens with one attached hydrogen (secondary N) is 1. The number of fused-ring (bicyclic) bond motifs is 3. The maximum Gasteiger partial charge on any atom is 0.262 e. The number of halogens is 1. The van der Waals surface area contributed by atoms with Crippen LogP contribution in [0.25, 0.3) is 0 Å². The number of amides is 1. The van der Waals surface area contributed by atoms with Crippen molar-refractivity contribution in [1.82, 2.24) is 10.3 Å². The maximum atomic E-state index is 13.4. The van der Waals surface area contributed by atoms with Crippen LogP contribution in [0, 0.1) is 11.1 Å². The number of rotatable bonds is 9. The minimum atomic E-state index is -1.85. The van der Waals surface area contributed by atoms with Crippen LogP contribution < -0.4 is 13.3 Å². The Morgan fingerprint density at radius 1 is 1.14 bits per heavy atom. The molecule has 2 aliphatic carbocycles. The van der Waals surface area contributed by atoms with Crippen LogP contribution >= 0.6 is 43.1 Å². The number of pyridine rings is 1. The van der Waals surface area contributed by atoms with Crippen molar-refractivity contribution in [3.8, 4) is 17.2 Å². The zero-order valence-corrected chi connectivity index (χ0v) is 27.1. The predicted molar refractivity (Wildman–Crippen MR) is 170 cm³/mol. The van der Waals surface area contributed by atoms with Crippen LogP contribution in [-0.4, -0.2) is 51.1 Å². The molecule has 0 bridgehead atoms. The molecule has 3 N–H and O–H groups in total. The largest absolute Gasteiger partial charge is 0.748 e. The summed E-state index contributed by atoms with van der Waals surface area (Å²) in [5.74, 6) is -2.45. The van der Waals surface area contributed by atoms with E-state index in [9.17, 15) is 32.9 Å². The number of phenols is 2. The molecule has 0 spiro atoms. The molecule has 2 aliphatic rings. The molecule has 0 saturated heterocycles. The van der Waals surface area contributed by atoms with Crippen molar-refractivity contribution in [2.24, 2.45) is 5.92 Å². The van der Waals surface area contributed by atoms with E-state index in [2.05, 4.69) is 10.3 Å². The summed E-state index contributed by atoms with van der Waals surface area (Å²) in [4.78, 5) is 44.3. The first kappa shape index (κ1) is 31.2.